The summed E-state index contributed by atoms with van der Waals surface area (Å²) in [6.45, 7) is 2.03. The number of halogens is 3. The number of amides is 1. The van der Waals surface area contributed by atoms with Crippen molar-refractivity contribution in [2.45, 2.75) is 0 Å². The molecule has 1 amide bonds. The zero-order chi connectivity index (χ0) is 24.4. The third-order valence-corrected chi connectivity index (χ3v) is 6.54. The third kappa shape index (κ3) is 5.01. The standard InChI is InChI=1S/C26H21Cl2FN4O2/c27-21-14-18(29)15-22(28)26(21)35-16-25(34)33-12-10-32(11-13-33)24-9-8-23(30-31-24)20-7-3-5-17-4-1-2-6-19(17)20/h1-9,14-15H,10-13,16H2. The van der Waals surface area contributed by atoms with Gasteiger partial charge in [0.1, 0.15) is 5.82 Å². The summed E-state index contributed by atoms with van der Waals surface area (Å²) in [7, 11) is 0. The number of aromatic nitrogens is 2. The lowest BCUT2D eigenvalue weighted by atomic mass is 10.0. The molecule has 1 fully saturated rings. The highest BCUT2D eigenvalue weighted by Crippen LogP contribution is 2.34. The Kier molecular flexibility index (Phi) is 6.70. The van der Waals surface area contributed by atoms with Crippen molar-refractivity contribution in [2.75, 3.05) is 37.7 Å². The van der Waals surface area contributed by atoms with E-state index in [1.54, 1.807) is 4.90 Å². The Labute approximate surface area is 211 Å². The van der Waals surface area contributed by atoms with Crippen LogP contribution in [0.3, 0.4) is 0 Å². The quantitative estimate of drug-likeness (QED) is 0.356. The molecule has 0 unspecified atom stereocenters. The molecule has 0 atom stereocenters. The van der Waals surface area contributed by atoms with Gasteiger partial charge in [0.25, 0.3) is 5.91 Å². The summed E-state index contributed by atoms with van der Waals surface area (Å²) < 4.78 is 18.8. The molecule has 3 aromatic carbocycles. The second-order valence-electron chi connectivity index (χ2n) is 8.16. The Balaban J connectivity index is 1.19. The van der Waals surface area contributed by atoms with Crippen LogP contribution in [0.15, 0.2) is 66.7 Å². The van der Waals surface area contributed by atoms with E-state index in [0.29, 0.717) is 26.2 Å². The van der Waals surface area contributed by atoms with E-state index in [2.05, 4.69) is 33.3 Å². The summed E-state index contributed by atoms with van der Waals surface area (Å²) in [6.07, 6.45) is 0. The number of hydrogen-bond acceptors (Lipinski definition) is 5. The fourth-order valence-corrected chi connectivity index (χ4v) is 4.73. The van der Waals surface area contributed by atoms with Crippen LogP contribution >= 0.6 is 23.2 Å². The first-order valence-corrected chi connectivity index (χ1v) is 11.9. The summed E-state index contributed by atoms with van der Waals surface area (Å²) in [6, 6.07) is 20.5. The molecule has 0 spiro atoms. The lowest BCUT2D eigenvalue weighted by Gasteiger charge is -2.35. The van der Waals surface area contributed by atoms with Crippen LogP contribution < -0.4 is 9.64 Å². The molecule has 0 saturated carbocycles. The van der Waals surface area contributed by atoms with Crippen LogP contribution in [0, 0.1) is 5.82 Å². The van der Waals surface area contributed by atoms with E-state index >= 15 is 0 Å². The van der Waals surface area contributed by atoms with Crippen LogP contribution in [0.1, 0.15) is 0 Å². The number of carbonyl (C=O) groups excluding carboxylic acids is 1. The van der Waals surface area contributed by atoms with Crippen molar-refractivity contribution in [3.8, 4) is 17.0 Å². The molecule has 1 aromatic heterocycles. The second kappa shape index (κ2) is 10.1. The van der Waals surface area contributed by atoms with E-state index in [0.717, 1.165) is 40.0 Å². The van der Waals surface area contributed by atoms with Crippen LogP contribution in [0.5, 0.6) is 5.75 Å². The lowest BCUT2D eigenvalue weighted by molar-refractivity contribution is -0.133. The summed E-state index contributed by atoms with van der Waals surface area (Å²) in [5.74, 6) is 0.104. The van der Waals surface area contributed by atoms with Gasteiger partial charge in [-0.2, -0.15) is 0 Å². The average molecular weight is 511 g/mol. The van der Waals surface area contributed by atoms with Crippen molar-refractivity contribution in [3.63, 3.8) is 0 Å². The number of fused-ring (bicyclic) bond motifs is 1. The molecule has 1 aliphatic rings. The SMILES string of the molecule is O=C(COc1c(Cl)cc(F)cc1Cl)N1CCN(c2ccc(-c3cccc4ccccc34)nn2)CC1. The average Bonchev–Trinajstić information content (AvgIpc) is 2.88. The minimum Gasteiger partial charge on any atom is -0.481 e. The van der Waals surface area contributed by atoms with E-state index in [9.17, 15) is 9.18 Å². The van der Waals surface area contributed by atoms with Gasteiger partial charge in [0, 0.05) is 31.7 Å². The monoisotopic (exact) mass is 510 g/mol. The Morgan fingerprint density at radius 3 is 2.34 bits per heavy atom. The van der Waals surface area contributed by atoms with Crippen molar-refractivity contribution in [1.82, 2.24) is 15.1 Å². The lowest BCUT2D eigenvalue weighted by Crippen LogP contribution is -2.50. The predicted octanol–water partition coefficient (Wildman–Crippen LogP) is 5.47. The van der Waals surface area contributed by atoms with Gasteiger partial charge in [-0.1, -0.05) is 65.7 Å². The normalized spacial score (nSPS) is 13.8. The largest absolute Gasteiger partial charge is 0.481 e. The van der Waals surface area contributed by atoms with Crippen molar-refractivity contribution in [2.24, 2.45) is 0 Å². The van der Waals surface area contributed by atoms with E-state index < -0.39 is 5.82 Å². The smallest absolute Gasteiger partial charge is 0.260 e. The minimum atomic E-state index is -0.567. The molecule has 178 valence electrons. The molecule has 4 aromatic rings. The van der Waals surface area contributed by atoms with E-state index in [1.165, 1.54) is 0 Å². The number of benzene rings is 3. The molecule has 0 bridgehead atoms. The maximum atomic E-state index is 13.3. The van der Waals surface area contributed by atoms with Crippen LogP contribution in [0.2, 0.25) is 10.0 Å². The Morgan fingerprint density at radius 1 is 0.914 bits per heavy atom. The molecule has 9 heteroatoms. The number of hydrogen-bond donors (Lipinski definition) is 0. The molecule has 2 heterocycles. The molecule has 5 rings (SSSR count). The van der Waals surface area contributed by atoms with Crippen LogP contribution in [-0.2, 0) is 4.79 Å². The Morgan fingerprint density at radius 2 is 1.63 bits per heavy atom. The van der Waals surface area contributed by atoms with Gasteiger partial charge in [0.15, 0.2) is 18.2 Å². The van der Waals surface area contributed by atoms with Crippen LogP contribution in [-0.4, -0.2) is 53.8 Å². The number of piperazine rings is 1. The van der Waals surface area contributed by atoms with Gasteiger partial charge >= 0.3 is 0 Å². The van der Waals surface area contributed by atoms with Crippen LogP contribution in [0.4, 0.5) is 10.2 Å². The molecular weight excluding hydrogens is 490 g/mol. The van der Waals surface area contributed by atoms with Crippen LogP contribution in [0.25, 0.3) is 22.0 Å². The van der Waals surface area contributed by atoms with Gasteiger partial charge in [0.2, 0.25) is 0 Å². The fraction of sp³-hybridized carbons (Fsp3) is 0.192. The van der Waals surface area contributed by atoms with Gasteiger partial charge in [0.05, 0.1) is 15.7 Å². The number of rotatable bonds is 5. The topological polar surface area (TPSA) is 58.6 Å². The Bertz CT molecular complexity index is 1350. The highest BCUT2D eigenvalue weighted by Gasteiger charge is 2.23. The first-order valence-electron chi connectivity index (χ1n) is 11.1. The molecular formula is C26H21Cl2FN4O2. The second-order valence-corrected chi connectivity index (χ2v) is 8.97. The molecule has 35 heavy (non-hydrogen) atoms. The van der Waals surface area contributed by atoms with Gasteiger partial charge in [-0.3, -0.25) is 4.79 Å². The highest BCUT2D eigenvalue weighted by molar-refractivity contribution is 6.37. The number of ether oxygens (including phenoxy) is 1. The first-order chi connectivity index (χ1) is 17.0. The van der Waals surface area contributed by atoms with Gasteiger partial charge in [-0.15, -0.1) is 10.2 Å². The first kappa shape index (κ1) is 23.3. The molecule has 0 radical (unpaired) electrons. The summed E-state index contributed by atoms with van der Waals surface area (Å²) in [4.78, 5) is 16.4. The van der Waals surface area contributed by atoms with Crippen molar-refractivity contribution in [1.29, 1.82) is 0 Å². The highest BCUT2D eigenvalue weighted by atomic mass is 35.5. The summed E-state index contributed by atoms with van der Waals surface area (Å²) >= 11 is 12.0. The fourth-order valence-electron chi connectivity index (χ4n) is 4.16. The van der Waals surface area contributed by atoms with Crippen molar-refractivity contribution in [3.05, 3.63) is 82.6 Å². The zero-order valence-electron chi connectivity index (χ0n) is 18.6. The van der Waals surface area contributed by atoms with Gasteiger partial charge < -0.3 is 14.5 Å². The number of carbonyl (C=O) groups is 1. The molecule has 0 aliphatic carbocycles. The molecule has 1 aliphatic heterocycles. The molecule has 1 saturated heterocycles. The summed E-state index contributed by atoms with van der Waals surface area (Å²) in [5.41, 5.74) is 1.86. The maximum absolute atomic E-state index is 13.3. The summed E-state index contributed by atoms with van der Waals surface area (Å²) in [5, 5.41) is 11.3. The maximum Gasteiger partial charge on any atom is 0.260 e. The number of anilines is 1. The van der Waals surface area contributed by atoms with Gasteiger partial charge in [-0.25, -0.2) is 4.39 Å². The zero-order valence-corrected chi connectivity index (χ0v) is 20.1. The number of nitrogens with zero attached hydrogens (tertiary/aromatic N) is 4. The van der Waals surface area contributed by atoms with E-state index in [-0.39, 0.29) is 28.3 Å². The minimum absolute atomic E-state index is 0.0261. The molecule has 0 N–H and O–H groups in total. The molecule has 6 nitrogen and oxygen atoms in total. The Hall–Kier alpha value is -3.42. The van der Waals surface area contributed by atoms with Crippen molar-refractivity contribution < 1.29 is 13.9 Å². The van der Waals surface area contributed by atoms with Crippen molar-refractivity contribution >= 4 is 45.7 Å². The van der Waals surface area contributed by atoms with E-state index in [4.69, 9.17) is 27.9 Å². The third-order valence-electron chi connectivity index (χ3n) is 5.98. The predicted molar refractivity (Wildman–Crippen MR) is 136 cm³/mol. The van der Waals surface area contributed by atoms with Gasteiger partial charge in [-0.05, 0) is 35.0 Å². The van der Waals surface area contributed by atoms with E-state index in [1.807, 2.05) is 36.4 Å².